The molecule has 7 heteroatoms. The van der Waals surface area contributed by atoms with Crippen molar-refractivity contribution < 1.29 is 24.5 Å². The SMILES string of the molecule is C=CCOC(=O)N(CC(=O)O)Cc1cc(Cl)ccc1O. The number of hydrogen-bond acceptors (Lipinski definition) is 4. The number of ether oxygens (including phenoxy) is 1. The number of hydrogen-bond donors (Lipinski definition) is 2. The first-order chi connectivity index (χ1) is 9.43. The quantitative estimate of drug-likeness (QED) is 0.787. The molecule has 1 aromatic carbocycles. The van der Waals surface area contributed by atoms with Crippen molar-refractivity contribution in [2.75, 3.05) is 13.2 Å². The van der Waals surface area contributed by atoms with Crippen molar-refractivity contribution >= 4 is 23.7 Å². The van der Waals surface area contributed by atoms with E-state index < -0.39 is 18.6 Å². The Bertz CT molecular complexity index is 517. The van der Waals surface area contributed by atoms with Crippen molar-refractivity contribution in [1.82, 2.24) is 4.90 Å². The molecule has 0 aromatic heterocycles. The summed E-state index contributed by atoms with van der Waals surface area (Å²) in [5.41, 5.74) is 0.328. The summed E-state index contributed by atoms with van der Waals surface area (Å²) in [5.74, 6) is -1.27. The standard InChI is InChI=1S/C13H14ClNO5/c1-2-5-20-13(19)15(8-12(17)18)7-9-6-10(14)3-4-11(9)16/h2-4,6,16H,1,5,7-8H2,(H,17,18). The van der Waals surface area contributed by atoms with Gasteiger partial charge in [0.1, 0.15) is 18.9 Å². The number of carbonyl (C=O) groups is 2. The van der Waals surface area contributed by atoms with E-state index in [-0.39, 0.29) is 18.9 Å². The number of amides is 1. The van der Waals surface area contributed by atoms with Gasteiger partial charge in [0.05, 0.1) is 6.54 Å². The lowest BCUT2D eigenvalue weighted by Crippen LogP contribution is -2.35. The molecule has 0 heterocycles. The number of halogens is 1. The molecule has 108 valence electrons. The predicted molar refractivity (Wildman–Crippen MR) is 72.7 cm³/mol. The van der Waals surface area contributed by atoms with Crippen LogP contribution in [0.2, 0.25) is 5.02 Å². The van der Waals surface area contributed by atoms with E-state index in [1.165, 1.54) is 24.3 Å². The fourth-order valence-electron chi connectivity index (χ4n) is 1.46. The maximum Gasteiger partial charge on any atom is 0.410 e. The molecule has 0 spiro atoms. The second kappa shape index (κ2) is 7.40. The van der Waals surface area contributed by atoms with Crippen LogP contribution in [-0.2, 0) is 16.1 Å². The molecule has 0 radical (unpaired) electrons. The Morgan fingerprint density at radius 1 is 1.45 bits per heavy atom. The number of carboxylic acid groups (broad SMARTS) is 1. The van der Waals surface area contributed by atoms with Gasteiger partial charge in [-0.1, -0.05) is 24.3 Å². The topological polar surface area (TPSA) is 87.1 Å². The van der Waals surface area contributed by atoms with Gasteiger partial charge in [-0.2, -0.15) is 0 Å². The summed E-state index contributed by atoms with van der Waals surface area (Å²) in [6.07, 6.45) is 0.555. The van der Waals surface area contributed by atoms with Crippen LogP contribution in [0.4, 0.5) is 4.79 Å². The van der Waals surface area contributed by atoms with Gasteiger partial charge in [-0.15, -0.1) is 0 Å². The molecule has 0 aliphatic carbocycles. The van der Waals surface area contributed by atoms with Gasteiger partial charge in [0.2, 0.25) is 0 Å². The van der Waals surface area contributed by atoms with Crippen LogP contribution in [0.5, 0.6) is 5.75 Å². The molecule has 0 fully saturated rings. The van der Waals surface area contributed by atoms with E-state index in [0.29, 0.717) is 10.6 Å². The highest BCUT2D eigenvalue weighted by Gasteiger charge is 2.19. The first kappa shape index (κ1) is 15.8. The van der Waals surface area contributed by atoms with E-state index in [2.05, 4.69) is 6.58 Å². The molecular weight excluding hydrogens is 286 g/mol. The lowest BCUT2D eigenvalue weighted by molar-refractivity contribution is -0.138. The summed E-state index contributed by atoms with van der Waals surface area (Å²) >= 11 is 5.79. The fourth-order valence-corrected chi connectivity index (χ4v) is 1.65. The third kappa shape index (κ3) is 4.81. The molecule has 1 rings (SSSR count). The van der Waals surface area contributed by atoms with Gasteiger partial charge >= 0.3 is 12.1 Å². The number of phenols is 1. The van der Waals surface area contributed by atoms with Gasteiger partial charge in [0.15, 0.2) is 0 Å². The average Bonchev–Trinajstić information content (AvgIpc) is 2.38. The van der Waals surface area contributed by atoms with Crippen LogP contribution >= 0.6 is 11.6 Å². The van der Waals surface area contributed by atoms with Crippen LogP contribution in [0.1, 0.15) is 5.56 Å². The summed E-state index contributed by atoms with van der Waals surface area (Å²) in [4.78, 5) is 23.4. The number of rotatable bonds is 6. The smallest absolute Gasteiger partial charge is 0.410 e. The Labute approximate surface area is 120 Å². The van der Waals surface area contributed by atoms with Crippen LogP contribution < -0.4 is 0 Å². The zero-order valence-corrected chi connectivity index (χ0v) is 11.3. The molecule has 0 aliphatic rings. The van der Waals surface area contributed by atoms with E-state index in [1.807, 2.05) is 0 Å². The van der Waals surface area contributed by atoms with Crippen LogP contribution in [0.3, 0.4) is 0 Å². The molecule has 2 N–H and O–H groups in total. The van der Waals surface area contributed by atoms with E-state index in [1.54, 1.807) is 0 Å². The second-order valence-electron chi connectivity index (χ2n) is 3.89. The Hall–Kier alpha value is -2.21. The molecular formula is C13H14ClNO5. The van der Waals surface area contributed by atoms with E-state index in [0.717, 1.165) is 4.90 Å². The normalized spacial score (nSPS) is 9.85. The van der Waals surface area contributed by atoms with Crippen molar-refractivity contribution in [3.8, 4) is 5.75 Å². The molecule has 0 atom stereocenters. The molecule has 0 unspecified atom stereocenters. The van der Waals surface area contributed by atoms with E-state index >= 15 is 0 Å². The minimum absolute atomic E-state index is 0.0313. The first-order valence-corrected chi connectivity index (χ1v) is 6.03. The third-order valence-corrected chi connectivity index (χ3v) is 2.55. The van der Waals surface area contributed by atoms with Gasteiger partial charge in [-0.3, -0.25) is 9.69 Å². The Balaban J connectivity index is 2.88. The number of aliphatic carboxylic acids is 1. The number of carboxylic acids is 1. The number of benzene rings is 1. The summed E-state index contributed by atoms with van der Waals surface area (Å²) in [6.45, 7) is 2.68. The molecule has 0 saturated carbocycles. The van der Waals surface area contributed by atoms with Gasteiger partial charge in [0, 0.05) is 10.6 Å². The zero-order chi connectivity index (χ0) is 15.1. The van der Waals surface area contributed by atoms with Crippen molar-refractivity contribution in [2.45, 2.75) is 6.54 Å². The minimum Gasteiger partial charge on any atom is -0.508 e. The largest absolute Gasteiger partial charge is 0.508 e. The van der Waals surface area contributed by atoms with E-state index in [4.69, 9.17) is 21.4 Å². The third-order valence-electron chi connectivity index (χ3n) is 2.31. The monoisotopic (exact) mass is 299 g/mol. The maximum absolute atomic E-state index is 11.7. The van der Waals surface area contributed by atoms with Crippen molar-refractivity contribution in [3.63, 3.8) is 0 Å². The molecule has 6 nitrogen and oxygen atoms in total. The highest BCUT2D eigenvalue weighted by Crippen LogP contribution is 2.23. The number of phenolic OH excluding ortho intramolecular Hbond substituents is 1. The minimum atomic E-state index is -1.19. The Morgan fingerprint density at radius 3 is 2.75 bits per heavy atom. The number of carbonyl (C=O) groups excluding carboxylic acids is 1. The van der Waals surface area contributed by atoms with Crippen molar-refractivity contribution in [1.29, 1.82) is 0 Å². The molecule has 1 aromatic rings. The average molecular weight is 300 g/mol. The summed E-state index contributed by atoms with van der Waals surface area (Å²) in [6, 6.07) is 4.30. The molecule has 20 heavy (non-hydrogen) atoms. The summed E-state index contributed by atoms with van der Waals surface area (Å²) in [7, 11) is 0. The van der Waals surface area contributed by atoms with Gasteiger partial charge in [-0.25, -0.2) is 4.79 Å². The molecule has 0 aliphatic heterocycles. The van der Waals surface area contributed by atoms with Gasteiger partial charge in [-0.05, 0) is 18.2 Å². The van der Waals surface area contributed by atoms with Gasteiger partial charge in [0.25, 0.3) is 0 Å². The second-order valence-corrected chi connectivity index (χ2v) is 4.32. The molecule has 0 bridgehead atoms. The Kier molecular flexibility index (Phi) is 5.86. The van der Waals surface area contributed by atoms with Crippen molar-refractivity contribution in [3.05, 3.63) is 41.4 Å². The first-order valence-electron chi connectivity index (χ1n) is 5.65. The van der Waals surface area contributed by atoms with Crippen LogP contribution in [0.15, 0.2) is 30.9 Å². The zero-order valence-electron chi connectivity index (χ0n) is 10.6. The van der Waals surface area contributed by atoms with Crippen LogP contribution in [0.25, 0.3) is 0 Å². The van der Waals surface area contributed by atoms with E-state index in [9.17, 15) is 14.7 Å². The summed E-state index contributed by atoms with van der Waals surface area (Å²) in [5, 5.41) is 18.8. The highest BCUT2D eigenvalue weighted by atomic mass is 35.5. The van der Waals surface area contributed by atoms with Crippen molar-refractivity contribution in [2.24, 2.45) is 0 Å². The molecule has 1 amide bonds. The molecule has 0 saturated heterocycles. The fraction of sp³-hybridized carbons (Fsp3) is 0.231. The number of nitrogens with zero attached hydrogens (tertiary/aromatic N) is 1. The predicted octanol–water partition coefficient (Wildman–Crippen LogP) is 2.25. The summed E-state index contributed by atoms with van der Waals surface area (Å²) < 4.78 is 4.79. The van der Waals surface area contributed by atoms with Gasteiger partial charge < -0.3 is 14.9 Å². The highest BCUT2D eigenvalue weighted by molar-refractivity contribution is 6.30. The lowest BCUT2D eigenvalue weighted by atomic mass is 10.2. The Morgan fingerprint density at radius 2 is 2.15 bits per heavy atom. The lowest BCUT2D eigenvalue weighted by Gasteiger charge is -2.20. The van der Waals surface area contributed by atoms with Crippen LogP contribution in [0, 0.1) is 0 Å². The number of aromatic hydroxyl groups is 1. The van der Waals surface area contributed by atoms with Crippen LogP contribution in [-0.4, -0.2) is 40.3 Å². The maximum atomic E-state index is 11.7.